The van der Waals surface area contributed by atoms with E-state index in [9.17, 15) is 0 Å². The van der Waals surface area contributed by atoms with E-state index in [1.54, 1.807) is 0 Å². The summed E-state index contributed by atoms with van der Waals surface area (Å²) in [6, 6.07) is 6.57. The van der Waals surface area contributed by atoms with Crippen LogP contribution in [0.15, 0.2) is 23.2 Å². The summed E-state index contributed by atoms with van der Waals surface area (Å²) in [6.45, 7) is 5.88. The molecule has 142 valence electrons. The van der Waals surface area contributed by atoms with Crippen LogP contribution in [0.2, 0.25) is 0 Å². The Hall–Kier alpha value is -1.18. The number of guanidine groups is 1. The van der Waals surface area contributed by atoms with Crippen molar-refractivity contribution in [3.8, 4) is 11.5 Å². The Bertz CT molecular complexity index is 531. The molecule has 0 radical (unpaired) electrons. The van der Waals surface area contributed by atoms with E-state index in [0.29, 0.717) is 31.8 Å². The summed E-state index contributed by atoms with van der Waals surface area (Å²) in [5.74, 6) is 2.16. The number of benzene rings is 1. The van der Waals surface area contributed by atoms with Crippen molar-refractivity contribution < 1.29 is 9.47 Å². The molecule has 1 saturated carbocycles. The van der Waals surface area contributed by atoms with Crippen LogP contribution in [0.3, 0.4) is 0 Å². The maximum absolute atomic E-state index is 6.00. The van der Waals surface area contributed by atoms with Gasteiger partial charge >= 0.3 is 0 Å². The van der Waals surface area contributed by atoms with Crippen LogP contribution in [0, 0.1) is 0 Å². The number of hydrogen-bond donors (Lipinski definition) is 2. The zero-order valence-corrected chi connectivity index (χ0v) is 17.8. The van der Waals surface area contributed by atoms with Gasteiger partial charge in [-0.1, -0.05) is 25.3 Å². The molecule has 2 rings (SSSR count). The van der Waals surface area contributed by atoms with Crippen LogP contribution in [0.4, 0.5) is 0 Å². The quantitative estimate of drug-likeness (QED) is 0.350. The lowest BCUT2D eigenvalue weighted by Crippen LogP contribution is -2.41. The van der Waals surface area contributed by atoms with Crippen LogP contribution in [-0.4, -0.2) is 31.8 Å². The van der Waals surface area contributed by atoms with E-state index in [1.165, 1.54) is 37.7 Å². The Morgan fingerprint density at radius 2 is 1.80 bits per heavy atom. The number of nitrogens with one attached hydrogen (secondary N) is 1. The standard InChI is InChI=1S/C19H31N3O2.HI/c1-3-23-17-11-10-15(14-18(17)24-4-2)12-13-21-19(20)22-16-8-6-5-7-9-16;/h10-11,14,16H,3-9,12-13H2,1-2H3,(H3,20,21,22);1H. The molecular formula is C19H32IN3O2. The molecule has 0 spiro atoms. The van der Waals surface area contributed by atoms with Gasteiger partial charge in [0, 0.05) is 12.6 Å². The summed E-state index contributed by atoms with van der Waals surface area (Å²) >= 11 is 0. The average molecular weight is 461 g/mol. The molecule has 25 heavy (non-hydrogen) atoms. The van der Waals surface area contributed by atoms with Crippen LogP contribution < -0.4 is 20.5 Å². The first kappa shape index (κ1) is 21.9. The second-order valence-electron chi connectivity index (χ2n) is 6.14. The number of nitrogens with two attached hydrogens (primary N) is 1. The van der Waals surface area contributed by atoms with Gasteiger partial charge in [0.1, 0.15) is 0 Å². The summed E-state index contributed by atoms with van der Waals surface area (Å²) in [7, 11) is 0. The second kappa shape index (κ2) is 12.2. The van der Waals surface area contributed by atoms with Crippen molar-refractivity contribution in [2.24, 2.45) is 10.7 Å². The maximum Gasteiger partial charge on any atom is 0.188 e. The van der Waals surface area contributed by atoms with Crippen LogP contribution in [0.25, 0.3) is 0 Å². The van der Waals surface area contributed by atoms with Crippen LogP contribution >= 0.6 is 24.0 Å². The molecule has 0 saturated heterocycles. The minimum absolute atomic E-state index is 0. The van der Waals surface area contributed by atoms with E-state index < -0.39 is 0 Å². The van der Waals surface area contributed by atoms with Crippen molar-refractivity contribution in [2.75, 3.05) is 19.8 Å². The molecule has 1 aliphatic rings. The molecule has 0 amide bonds. The Balaban J connectivity index is 0.00000312. The maximum atomic E-state index is 6.00. The smallest absolute Gasteiger partial charge is 0.188 e. The Kier molecular flexibility index (Phi) is 10.7. The van der Waals surface area contributed by atoms with Gasteiger partial charge in [-0.05, 0) is 50.8 Å². The third-order valence-corrected chi connectivity index (χ3v) is 4.25. The molecule has 6 heteroatoms. The lowest BCUT2D eigenvalue weighted by molar-refractivity contribution is 0.287. The Morgan fingerprint density at radius 3 is 2.48 bits per heavy atom. The summed E-state index contributed by atoms with van der Waals surface area (Å²) in [5.41, 5.74) is 7.18. The Labute approximate surface area is 168 Å². The van der Waals surface area contributed by atoms with Gasteiger partial charge in [-0.2, -0.15) is 0 Å². The van der Waals surface area contributed by atoms with Gasteiger partial charge in [0.2, 0.25) is 0 Å². The minimum Gasteiger partial charge on any atom is -0.490 e. The molecule has 0 aromatic heterocycles. The molecule has 1 aliphatic carbocycles. The summed E-state index contributed by atoms with van der Waals surface area (Å²) < 4.78 is 11.2. The first-order chi connectivity index (χ1) is 11.7. The topological polar surface area (TPSA) is 68.9 Å². The first-order valence-electron chi connectivity index (χ1n) is 9.18. The molecule has 0 bridgehead atoms. The van der Waals surface area contributed by atoms with Crippen molar-refractivity contribution in [3.63, 3.8) is 0 Å². The Morgan fingerprint density at radius 1 is 1.12 bits per heavy atom. The van der Waals surface area contributed by atoms with Crippen molar-refractivity contribution in [1.29, 1.82) is 0 Å². The van der Waals surface area contributed by atoms with Gasteiger partial charge in [-0.15, -0.1) is 24.0 Å². The highest BCUT2D eigenvalue weighted by Gasteiger charge is 2.13. The minimum atomic E-state index is 0. The van der Waals surface area contributed by atoms with E-state index >= 15 is 0 Å². The normalized spacial score (nSPS) is 15.4. The molecule has 5 nitrogen and oxygen atoms in total. The highest BCUT2D eigenvalue weighted by atomic mass is 127. The molecule has 1 aromatic rings. The molecule has 0 unspecified atom stereocenters. The van der Waals surface area contributed by atoms with Gasteiger partial charge in [0.15, 0.2) is 17.5 Å². The number of nitrogens with zero attached hydrogens (tertiary/aromatic N) is 1. The first-order valence-corrected chi connectivity index (χ1v) is 9.18. The number of halogens is 1. The predicted octanol–water partition coefficient (Wildman–Crippen LogP) is 3.88. The fourth-order valence-electron chi connectivity index (χ4n) is 3.06. The van der Waals surface area contributed by atoms with Gasteiger partial charge in [-0.3, -0.25) is 4.99 Å². The monoisotopic (exact) mass is 461 g/mol. The van der Waals surface area contributed by atoms with Crippen molar-refractivity contribution in [2.45, 2.75) is 58.4 Å². The fourth-order valence-corrected chi connectivity index (χ4v) is 3.06. The SMILES string of the molecule is CCOc1ccc(CCN=C(N)NC2CCCCC2)cc1OCC.I. The van der Waals surface area contributed by atoms with Gasteiger partial charge in [0.25, 0.3) is 0 Å². The second-order valence-corrected chi connectivity index (χ2v) is 6.14. The van der Waals surface area contributed by atoms with Crippen molar-refractivity contribution in [1.82, 2.24) is 5.32 Å². The zero-order chi connectivity index (χ0) is 17.2. The summed E-state index contributed by atoms with van der Waals surface area (Å²) in [5, 5.41) is 3.35. The number of rotatable bonds is 8. The average Bonchev–Trinajstić information content (AvgIpc) is 2.58. The highest BCUT2D eigenvalue weighted by molar-refractivity contribution is 14.0. The third-order valence-electron chi connectivity index (χ3n) is 4.25. The lowest BCUT2D eigenvalue weighted by atomic mass is 9.96. The van der Waals surface area contributed by atoms with E-state index in [-0.39, 0.29) is 24.0 Å². The zero-order valence-electron chi connectivity index (χ0n) is 15.4. The van der Waals surface area contributed by atoms with E-state index in [0.717, 1.165) is 17.9 Å². The largest absolute Gasteiger partial charge is 0.490 e. The van der Waals surface area contributed by atoms with Gasteiger partial charge < -0.3 is 20.5 Å². The third kappa shape index (κ3) is 7.71. The molecule has 3 N–H and O–H groups in total. The van der Waals surface area contributed by atoms with Gasteiger partial charge in [0.05, 0.1) is 13.2 Å². The predicted molar refractivity (Wildman–Crippen MR) is 114 cm³/mol. The number of hydrogen-bond acceptors (Lipinski definition) is 3. The van der Waals surface area contributed by atoms with E-state index in [4.69, 9.17) is 15.2 Å². The van der Waals surface area contributed by atoms with E-state index in [2.05, 4.69) is 16.4 Å². The number of aliphatic imine (C=N–C) groups is 1. The fraction of sp³-hybridized carbons (Fsp3) is 0.632. The molecule has 0 atom stereocenters. The van der Waals surface area contributed by atoms with Crippen molar-refractivity contribution in [3.05, 3.63) is 23.8 Å². The molecular weight excluding hydrogens is 429 g/mol. The van der Waals surface area contributed by atoms with Crippen molar-refractivity contribution >= 4 is 29.9 Å². The van der Waals surface area contributed by atoms with Crippen LogP contribution in [-0.2, 0) is 6.42 Å². The summed E-state index contributed by atoms with van der Waals surface area (Å²) in [6.07, 6.45) is 7.16. The molecule has 0 heterocycles. The van der Waals surface area contributed by atoms with Gasteiger partial charge in [-0.25, -0.2) is 0 Å². The molecule has 1 aromatic carbocycles. The van der Waals surface area contributed by atoms with E-state index in [1.807, 2.05) is 26.0 Å². The van der Waals surface area contributed by atoms with Crippen LogP contribution in [0.1, 0.15) is 51.5 Å². The molecule has 1 fully saturated rings. The number of ether oxygens (including phenoxy) is 2. The lowest BCUT2D eigenvalue weighted by Gasteiger charge is -2.23. The highest BCUT2D eigenvalue weighted by Crippen LogP contribution is 2.28. The summed E-state index contributed by atoms with van der Waals surface area (Å²) in [4.78, 5) is 4.46. The van der Waals surface area contributed by atoms with Crippen LogP contribution in [0.5, 0.6) is 11.5 Å². The molecule has 0 aliphatic heterocycles.